The molecular weight excluding hydrogens is 325 g/mol. The molecule has 17 heavy (non-hydrogen) atoms. The number of nitrogens with zero attached hydrogens (tertiary/aromatic N) is 1. The van der Waals surface area contributed by atoms with Crippen molar-refractivity contribution in [3.05, 3.63) is 45.2 Å². The summed E-state index contributed by atoms with van der Waals surface area (Å²) in [4.78, 5) is 4.29. The van der Waals surface area contributed by atoms with Crippen molar-refractivity contribution in [2.75, 3.05) is 11.1 Å². The van der Waals surface area contributed by atoms with Crippen LogP contribution < -0.4 is 11.1 Å². The summed E-state index contributed by atoms with van der Waals surface area (Å²) in [6.07, 6.45) is 1.77. The molecule has 0 atom stereocenters. The van der Waals surface area contributed by atoms with Gasteiger partial charge in [0, 0.05) is 27.2 Å². The maximum Gasteiger partial charge on any atom is 0.132 e. The highest BCUT2D eigenvalue weighted by molar-refractivity contribution is 14.1. The van der Waals surface area contributed by atoms with Crippen LogP contribution in [-0.2, 0) is 0 Å². The minimum atomic E-state index is 0.754. The zero-order chi connectivity index (χ0) is 12.4. The molecule has 0 radical (unpaired) electrons. The molecule has 0 aliphatic heterocycles. The van der Waals surface area contributed by atoms with Crippen molar-refractivity contribution >= 4 is 39.8 Å². The summed E-state index contributed by atoms with van der Waals surface area (Å²) in [5.41, 5.74) is 9.89. The average molecular weight is 339 g/mol. The van der Waals surface area contributed by atoms with Gasteiger partial charge in [-0.2, -0.15) is 0 Å². The standard InChI is InChI=1S/C13H14IN3/c1-8-3-4-10(5-11(8)14)17-13-6-12(15)9(2)7-16-13/h3-7H,1-2H3,(H3,15,16,17). The van der Waals surface area contributed by atoms with Crippen molar-refractivity contribution in [3.8, 4) is 0 Å². The number of aryl methyl sites for hydroxylation is 2. The lowest BCUT2D eigenvalue weighted by molar-refractivity contribution is 1.26. The number of hydrogen-bond donors (Lipinski definition) is 2. The second-order valence-electron chi connectivity index (χ2n) is 4.02. The summed E-state index contributed by atoms with van der Waals surface area (Å²) in [6, 6.07) is 8.06. The topological polar surface area (TPSA) is 50.9 Å². The molecule has 0 aliphatic rings. The largest absolute Gasteiger partial charge is 0.398 e. The summed E-state index contributed by atoms with van der Waals surface area (Å²) in [5.74, 6) is 0.771. The number of hydrogen-bond acceptors (Lipinski definition) is 3. The molecule has 0 aliphatic carbocycles. The molecule has 4 heteroatoms. The quantitative estimate of drug-likeness (QED) is 0.822. The molecule has 0 amide bonds. The lowest BCUT2D eigenvalue weighted by atomic mass is 10.2. The van der Waals surface area contributed by atoms with E-state index in [0.29, 0.717) is 0 Å². The molecule has 0 bridgehead atoms. The van der Waals surface area contributed by atoms with Crippen molar-refractivity contribution in [1.82, 2.24) is 4.98 Å². The van der Waals surface area contributed by atoms with Crippen molar-refractivity contribution in [2.24, 2.45) is 0 Å². The van der Waals surface area contributed by atoms with Gasteiger partial charge in [0.1, 0.15) is 5.82 Å². The second kappa shape index (κ2) is 4.91. The molecular formula is C13H14IN3. The molecule has 0 saturated carbocycles. The molecule has 1 aromatic heterocycles. The minimum Gasteiger partial charge on any atom is -0.398 e. The van der Waals surface area contributed by atoms with E-state index in [0.717, 1.165) is 22.8 Å². The Kier molecular flexibility index (Phi) is 3.51. The Morgan fingerprint density at radius 1 is 1.18 bits per heavy atom. The number of aromatic nitrogens is 1. The van der Waals surface area contributed by atoms with E-state index in [1.54, 1.807) is 6.20 Å². The van der Waals surface area contributed by atoms with Crippen molar-refractivity contribution in [2.45, 2.75) is 13.8 Å². The number of halogens is 1. The number of benzene rings is 1. The maximum atomic E-state index is 5.85. The fraction of sp³-hybridized carbons (Fsp3) is 0.154. The van der Waals surface area contributed by atoms with Gasteiger partial charge in [-0.15, -0.1) is 0 Å². The van der Waals surface area contributed by atoms with Crippen LogP contribution in [0.4, 0.5) is 17.2 Å². The van der Waals surface area contributed by atoms with Crippen LogP contribution in [0.5, 0.6) is 0 Å². The van der Waals surface area contributed by atoms with Crippen LogP contribution in [0.1, 0.15) is 11.1 Å². The van der Waals surface area contributed by atoms with E-state index >= 15 is 0 Å². The van der Waals surface area contributed by atoms with Gasteiger partial charge in [0.25, 0.3) is 0 Å². The van der Waals surface area contributed by atoms with Crippen LogP contribution >= 0.6 is 22.6 Å². The van der Waals surface area contributed by atoms with E-state index in [2.05, 4.69) is 51.9 Å². The molecule has 1 heterocycles. The fourth-order valence-electron chi connectivity index (χ4n) is 1.43. The second-order valence-corrected chi connectivity index (χ2v) is 5.18. The van der Waals surface area contributed by atoms with E-state index in [4.69, 9.17) is 5.73 Å². The zero-order valence-corrected chi connectivity index (χ0v) is 11.9. The molecule has 0 unspecified atom stereocenters. The Hall–Kier alpha value is -1.30. The molecule has 2 rings (SSSR count). The molecule has 0 spiro atoms. The number of rotatable bonds is 2. The summed E-state index contributed by atoms with van der Waals surface area (Å²) in [5, 5.41) is 3.24. The van der Waals surface area contributed by atoms with Gasteiger partial charge < -0.3 is 11.1 Å². The first-order valence-electron chi connectivity index (χ1n) is 5.31. The van der Waals surface area contributed by atoms with Gasteiger partial charge in [-0.05, 0) is 59.7 Å². The monoisotopic (exact) mass is 339 g/mol. The average Bonchev–Trinajstić information content (AvgIpc) is 2.29. The molecule has 0 saturated heterocycles. The third-order valence-electron chi connectivity index (χ3n) is 2.59. The van der Waals surface area contributed by atoms with Crippen LogP contribution in [0.15, 0.2) is 30.5 Å². The van der Waals surface area contributed by atoms with E-state index in [1.165, 1.54) is 9.13 Å². The Morgan fingerprint density at radius 2 is 1.94 bits per heavy atom. The van der Waals surface area contributed by atoms with Gasteiger partial charge in [0.2, 0.25) is 0 Å². The highest BCUT2D eigenvalue weighted by Crippen LogP contribution is 2.21. The smallest absolute Gasteiger partial charge is 0.132 e. The first kappa shape index (κ1) is 12.2. The Labute approximate surface area is 115 Å². The van der Waals surface area contributed by atoms with E-state index in [9.17, 15) is 0 Å². The first-order chi connectivity index (χ1) is 8.06. The summed E-state index contributed by atoms with van der Waals surface area (Å²) >= 11 is 2.32. The number of nitrogen functional groups attached to an aromatic ring is 1. The molecule has 3 nitrogen and oxygen atoms in total. The number of nitrogens with one attached hydrogen (secondary N) is 1. The SMILES string of the molecule is Cc1cnc(Nc2ccc(C)c(I)c2)cc1N. The normalized spacial score (nSPS) is 10.3. The third-order valence-corrected chi connectivity index (χ3v) is 3.75. The third kappa shape index (κ3) is 2.88. The summed E-state index contributed by atoms with van der Waals surface area (Å²) < 4.78 is 1.23. The van der Waals surface area contributed by atoms with Crippen molar-refractivity contribution in [3.63, 3.8) is 0 Å². The number of nitrogens with two attached hydrogens (primary N) is 1. The van der Waals surface area contributed by atoms with E-state index < -0.39 is 0 Å². The van der Waals surface area contributed by atoms with Crippen molar-refractivity contribution in [1.29, 1.82) is 0 Å². The molecule has 2 aromatic rings. The zero-order valence-electron chi connectivity index (χ0n) is 9.79. The Bertz CT molecular complexity index is 503. The van der Waals surface area contributed by atoms with Gasteiger partial charge in [0.15, 0.2) is 0 Å². The van der Waals surface area contributed by atoms with Crippen LogP contribution in [-0.4, -0.2) is 4.98 Å². The predicted molar refractivity (Wildman–Crippen MR) is 80.6 cm³/mol. The molecule has 0 fully saturated rings. The van der Waals surface area contributed by atoms with E-state index in [-0.39, 0.29) is 0 Å². The van der Waals surface area contributed by atoms with Crippen LogP contribution in [0, 0.1) is 17.4 Å². The number of anilines is 3. The fourth-order valence-corrected chi connectivity index (χ4v) is 1.94. The van der Waals surface area contributed by atoms with Crippen molar-refractivity contribution < 1.29 is 0 Å². The number of pyridine rings is 1. The Morgan fingerprint density at radius 3 is 2.59 bits per heavy atom. The summed E-state index contributed by atoms with van der Waals surface area (Å²) in [7, 11) is 0. The van der Waals surface area contributed by atoms with Gasteiger partial charge >= 0.3 is 0 Å². The highest BCUT2D eigenvalue weighted by Gasteiger charge is 2.01. The van der Waals surface area contributed by atoms with E-state index in [1.807, 2.05) is 19.1 Å². The Balaban J connectivity index is 2.25. The first-order valence-corrected chi connectivity index (χ1v) is 6.39. The minimum absolute atomic E-state index is 0.754. The van der Waals surface area contributed by atoms with Crippen LogP contribution in [0.2, 0.25) is 0 Å². The predicted octanol–water partition coefficient (Wildman–Crippen LogP) is 3.63. The van der Waals surface area contributed by atoms with Gasteiger partial charge in [0.05, 0.1) is 0 Å². The van der Waals surface area contributed by atoms with Gasteiger partial charge in [-0.25, -0.2) is 4.98 Å². The lowest BCUT2D eigenvalue weighted by Gasteiger charge is -2.08. The maximum absolute atomic E-state index is 5.85. The highest BCUT2D eigenvalue weighted by atomic mass is 127. The summed E-state index contributed by atoms with van der Waals surface area (Å²) in [6.45, 7) is 4.04. The van der Waals surface area contributed by atoms with Crippen LogP contribution in [0.25, 0.3) is 0 Å². The molecule has 1 aromatic carbocycles. The van der Waals surface area contributed by atoms with Gasteiger partial charge in [-0.1, -0.05) is 6.07 Å². The van der Waals surface area contributed by atoms with Gasteiger partial charge in [-0.3, -0.25) is 0 Å². The van der Waals surface area contributed by atoms with Crippen LogP contribution in [0.3, 0.4) is 0 Å². The molecule has 3 N–H and O–H groups in total. The molecule has 88 valence electrons. The lowest BCUT2D eigenvalue weighted by Crippen LogP contribution is -1.97.